The lowest BCUT2D eigenvalue weighted by Gasteiger charge is -2.29. The molecule has 0 atom stereocenters. The Labute approximate surface area is 127 Å². The van der Waals surface area contributed by atoms with Crippen molar-refractivity contribution in [3.63, 3.8) is 0 Å². The normalized spacial score (nSPS) is 18.3. The van der Waals surface area contributed by atoms with Crippen molar-refractivity contribution in [3.05, 3.63) is 23.2 Å². The zero-order chi connectivity index (χ0) is 14.8. The van der Waals surface area contributed by atoms with Gasteiger partial charge >= 0.3 is 5.97 Å². The Hall–Kier alpha value is -1.75. The van der Waals surface area contributed by atoms with Crippen LogP contribution in [-0.4, -0.2) is 31.1 Å². The van der Waals surface area contributed by atoms with E-state index in [9.17, 15) is 9.59 Å². The number of carbonyl (C=O) groups excluding carboxylic acids is 2. The number of benzene rings is 1. The minimum Gasteiger partial charge on any atom is -0.482 e. The molecule has 3 rings (SSSR count). The molecule has 1 aromatic rings. The van der Waals surface area contributed by atoms with Crippen LogP contribution in [0.25, 0.3) is 0 Å². The average Bonchev–Trinajstić information content (AvgIpc) is 2.95. The van der Waals surface area contributed by atoms with Gasteiger partial charge in [-0.05, 0) is 43.9 Å². The molecule has 21 heavy (non-hydrogen) atoms. The third-order valence-electron chi connectivity index (χ3n) is 3.75. The summed E-state index contributed by atoms with van der Waals surface area (Å²) in [5.41, 5.74) is 0.516. The number of rotatable bonds is 3. The standard InChI is InChI=1S/C15H16ClNO4/c16-10-5-6-13-12(7-10)17(14(18)9-20-13)8-15(19)21-11-3-1-2-4-11/h5-7,11H,1-4,8-9H2. The van der Waals surface area contributed by atoms with Gasteiger partial charge < -0.3 is 9.47 Å². The zero-order valence-corrected chi connectivity index (χ0v) is 12.3. The second-order valence-corrected chi connectivity index (χ2v) is 5.71. The predicted molar refractivity (Wildman–Crippen MR) is 77.6 cm³/mol. The van der Waals surface area contributed by atoms with Crippen molar-refractivity contribution in [1.29, 1.82) is 0 Å². The van der Waals surface area contributed by atoms with Crippen molar-refractivity contribution in [1.82, 2.24) is 0 Å². The SMILES string of the molecule is O=C(CN1C(=O)COc2ccc(Cl)cc21)OC1CCCC1. The van der Waals surface area contributed by atoms with E-state index in [1.807, 2.05) is 0 Å². The second-order valence-electron chi connectivity index (χ2n) is 5.28. The lowest BCUT2D eigenvalue weighted by atomic mass is 10.2. The monoisotopic (exact) mass is 309 g/mol. The summed E-state index contributed by atoms with van der Waals surface area (Å²) >= 11 is 5.95. The topological polar surface area (TPSA) is 55.8 Å². The molecule has 0 spiro atoms. The van der Waals surface area contributed by atoms with E-state index in [0.29, 0.717) is 16.5 Å². The lowest BCUT2D eigenvalue weighted by Crippen LogP contribution is -2.42. The van der Waals surface area contributed by atoms with Gasteiger partial charge in [0.05, 0.1) is 5.69 Å². The predicted octanol–water partition coefficient (Wildman–Crippen LogP) is 2.55. The van der Waals surface area contributed by atoms with E-state index in [1.165, 1.54) is 4.90 Å². The first-order valence-electron chi connectivity index (χ1n) is 7.05. The van der Waals surface area contributed by atoms with Gasteiger partial charge in [0, 0.05) is 5.02 Å². The number of esters is 1. The van der Waals surface area contributed by atoms with Crippen LogP contribution in [0.5, 0.6) is 5.75 Å². The Kier molecular flexibility index (Phi) is 4.01. The van der Waals surface area contributed by atoms with Gasteiger partial charge in [-0.3, -0.25) is 14.5 Å². The Morgan fingerprint density at radius 3 is 2.90 bits per heavy atom. The molecule has 6 heteroatoms. The molecular formula is C15H16ClNO4. The van der Waals surface area contributed by atoms with Crippen LogP contribution >= 0.6 is 11.6 Å². The van der Waals surface area contributed by atoms with Gasteiger partial charge in [-0.25, -0.2) is 0 Å². The molecule has 1 fully saturated rings. The summed E-state index contributed by atoms with van der Waals surface area (Å²) in [5, 5.41) is 0.487. The van der Waals surface area contributed by atoms with Crippen LogP contribution in [0.2, 0.25) is 5.02 Å². The van der Waals surface area contributed by atoms with Crippen LogP contribution in [0, 0.1) is 0 Å². The molecule has 1 aromatic carbocycles. The number of hydrogen-bond acceptors (Lipinski definition) is 4. The summed E-state index contributed by atoms with van der Waals surface area (Å²) in [6.45, 7) is -0.183. The summed E-state index contributed by atoms with van der Waals surface area (Å²) in [6, 6.07) is 5.00. The van der Waals surface area contributed by atoms with Crippen LogP contribution in [0.15, 0.2) is 18.2 Å². The van der Waals surface area contributed by atoms with Gasteiger partial charge in [-0.1, -0.05) is 11.6 Å². The van der Waals surface area contributed by atoms with E-state index in [-0.39, 0.29) is 31.1 Å². The molecule has 1 saturated carbocycles. The maximum atomic E-state index is 12.0. The molecule has 0 saturated heterocycles. The minimum absolute atomic E-state index is 0.00697. The fourth-order valence-electron chi connectivity index (χ4n) is 2.71. The zero-order valence-electron chi connectivity index (χ0n) is 11.5. The second kappa shape index (κ2) is 5.93. The van der Waals surface area contributed by atoms with Crippen molar-refractivity contribution in [2.24, 2.45) is 0 Å². The highest BCUT2D eigenvalue weighted by atomic mass is 35.5. The van der Waals surface area contributed by atoms with Gasteiger partial charge in [-0.2, -0.15) is 0 Å². The van der Waals surface area contributed by atoms with Crippen molar-refractivity contribution in [2.75, 3.05) is 18.1 Å². The van der Waals surface area contributed by atoms with Crippen LogP contribution in [-0.2, 0) is 14.3 Å². The van der Waals surface area contributed by atoms with Gasteiger partial charge in [0.15, 0.2) is 6.61 Å². The smallest absolute Gasteiger partial charge is 0.326 e. The third kappa shape index (κ3) is 3.13. The molecule has 2 aliphatic rings. The molecule has 1 aliphatic heterocycles. The maximum Gasteiger partial charge on any atom is 0.326 e. The van der Waals surface area contributed by atoms with Crippen molar-refractivity contribution in [3.8, 4) is 5.75 Å². The molecular weight excluding hydrogens is 294 g/mol. The molecule has 0 radical (unpaired) electrons. The number of hydrogen-bond donors (Lipinski definition) is 0. The summed E-state index contributed by atoms with van der Waals surface area (Å²) in [6.07, 6.45) is 3.99. The summed E-state index contributed by atoms with van der Waals surface area (Å²) in [4.78, 5) is 25.4. The summed E-state index contributed by atoms with van der Waals surface area (Å²) < 4.78 is 10.7. The number of amides is 1. The highest BCUT2D eigenvalue weighted by Gasteiger charge is 2.29. The number of anilines is 1. The van der Waals surface area contributed by atoms with E-state index in [4.69, 9.17) is 21.1 Å². The number of halogens is 1. The minimum atomic E-state index is -0.386. The Morgan fingerprint density at radius 2 is 2.14 bits per heavy atom. The number of carbonyl (C=O) groups is 2. The van der Waals surface area contributed by atoms with Crippen LogP contribution in [0.1, 0.15) is 25.7 Å². The van der Waals surface area contributed by atoms with Crippen LogP contribution < -0.4 is 9.64 Å². The van der Waals surface area contributed by atoms with Gasteiger partial charge in [-0.15, -0.1) is 0 Å². The third-order valence-corrected chi connectivity index (χ3v) is 3.99. The lowest BCUT2D eigenvalue weighted by molar-refractivity contribution is -0.147. The highest BCUT2D eigenvalue weighted by Crippen LogP contribution is 2.34. The van der Waals surface area contributed by atoms with Gasteiger partial charge in [0.25, 0.3) is 5.91 Å². The largest absolute Gasteiger partial charge is 0.482 e. The molecule has 112 valence electrons. The number of nitrogens with zero attached hydrogens (tertiary/aromatic N) is 1. The maximum absolute atomic E-state index is 12.0. The Morgan fingerprint density at radius 1 is 1.38 bits per heavy atom. The van der Waals surface area contributed by atoms with Gasteiger partial charge in [0.1, 0.15) is 18.4 Å². The fraction of sp³-hybridized carbons (Fsp3) is 0.467. The molecule has 1 aliphatic carbocycles. The first-order valence-corrected chi connectivity index (χ1v) is 7.43. The summed E-state index contributed by atoms with van der Waals surface area (Å²) in [7, 11) is 0. The van der Waals surface area contributed by atoms with E-state index < -0.39 is 0 Å². The van der Waals surface area contributed by atoms with Crippen molar-refractivity contribution < 1.29 is 19.1 Å². The molecule has 1 heterocycles. The Bertz CT molecular complexity index is 569. The highest BCUT2D eigenvalue weighted by molar-refractivity contribution is 6.31. The fourth-order valence-corrected chi connectivity index (χ4v) is 2.87. The quantitative estimate of drug-likeness (QED) is 0.805. The number of fused-ring (bicyclic) bond motifs is 1. The van der Waals surface area contributed by atoms with Crippen LogP contribution in [0.3, 0.4) is 0 Å². The van der Waals surface area contributed by atoms with E-state index in [1.54, 1.807) is 18.2 Å². The molecule has 5 nitrogen and oxygen atoms in total. The molecule has 0 unspecified atom stereocenters. The molecule has 0 bridgehead atoms. The summed E-state index contributed by atoms with van der Waals surface area (Å²) in [5.74, 6) is -0.108. The first-order chi connectivity index (χ1) is 10.1. The van der Waals surface area contributed by atoms with Crippen molar-refractivity contribution >= 4 is 29.2 Å². The average molecular weight is 310 g/mol. The first kappa shape index (κ1) is 14.2. The van der Waals surface area contributed by atoms with E-state index >= 15 is 0 Å². The Balaban J connectivity index is 1.73. The number of ether oxygens (including phenoxy) is 2. The van der Waals surface area contributed by atoms with Crippen molar-refractivity contribution in [2.45, 2.75) is 31.8 Å². The molecule has 0 aromatic heterocycles. The van der Waals surface area contributed by atoms with Gasteiger partial charge in [0.2, 0.25) is 0 Å². The van der Waals surface area contributed by atoms with Crippen LogP contribution in [0.4, 0.5) is 5.69 Å². The van der Waals surface area contributed by atoms with E-state index in [2.05, 4.69) is 0 Å². The molecule has 0 N–H and O–H groups in total. The van der Waals surface area contributed by atoms with E-state index in [0.717, 1.165) is 25.7 Å². The molecule has 1 amide bonds.